The highest BCUT2D eigenvalue weighted by atomic mass is 35.5. The number of anilines is 1. The number of fused-ring (bicyclic) bond motifs is 1. The summed E-state index contributed by atoms with van der Waals surface area (Å²) in [6.07, 6.45) is 3.61. The molecular formula is C17H21ClN4O2. The van der Waals surface area contributed by atoms with Gasteiger partial charge in [-0.05, 0) is 18.9 Å². The number of carbonyl (C=O) groups excluding carboxylic acids is 1. The predicted octanol–water partition coefficient (Wildman–Crippen LogP) is 2.26. The van der Waals surface area contributed by atoms with Crippen LogP contribution in [0.25, 0.3) is 10.9 Å². The Balaban J connectivity index is 1.78. The van der Waals surface area contributed by atoms with Gasteiger partial charge in [0.05, 0.1) is 29.4 Å². The third kappa shape index (κ3) is 3.60. The third-order valence-electron chi connectivity index (χ3n) is 4.34. The molecule has 6 nitrogen and oxygen atoms in total. The number of halogens is 1. The molecule has 1 aromatic carbocycles. The fourth-order valence-electron chi connectivity index (χ4n) is 3.12. The van der Waals surface area contributed by atoms with Gasteiger partial charge in [0, 0.05) is 32.1 Å². The fourth-order valence-corrected chi connectivity index (χ4v) is 3.33. The van der Waals surface area contributed by atoms with Gasteiger partial charge in [-0.15, -0.1) is 5.10 Å². The molecule has 1 atom stereocenters. The van der Waals surface area contributed by atoms with Gasteiger partial charge in [-0.2, -0.15) is 5.10 Å². The number of piperidine rings is 1. The first-order valence-corrected chi connectivity index (χ1v) is 8.50. The Hall–Kier alpha value is -1.92. The summed E-state index contributed by atoms with van der Waals surface area (Å²) in [6, 6.07) is 5.72. The van der Waals surface area contributed by atoms with Crippen LogP contribution in [0.3, 0.4) is 0 Å². The molecule has 1 amide bonds. The van der Waals surface area contributed by atoms with Crippen LogP contribution in [0.15, 0.2) is 24.4 Å². The van der Waals surface area contributed by atoms with Crippen molar-refractivity contribution in [3.8, 4) is 0 Å². The average Bonchev–Trinajstić information content (AvgIpc) is 2.62. The van der Waals surface area contributed by atoms with E-state index >= 15 is 0 Å². The Kier molecular flexibility index (Phi) is 5.48. The molecule has 128 valence electrons. The van der Waals surface area contributed by atoms with Crippen molar-refractivity contribution in [3.63, 3.8) is 0 Å². The maximum absolute atomic E-state index is 12.3. The summed E-state index contributed by atoms with van der Waals surface area (Å²) in [4.78, 5) is 14.5. The van der Waals surface area contributed by atoms with Gasteiger partial charge in [0.1, 0.15) is 5.52 Å². The van der Waals surface area contributed by atoms with E-state index in [-0.39, 0.29) is 11.8 Å². The summed E-state index contributed by atoms with van der Waals surface area (Å²) in [5, 5.41) is 12.7. The lowest BCUT2D eigenvalue weighted by molar-refractivity contribution is -0.125. The minimum Gasteiger partial charge on any atom is -0.383 e. The Morgan fingerprint density at radius 3 is 3.21 bits per heavy atom. The number of hydrogen-bond donors (Lipinski definition) is 1. The second kappa shape index (κ2) is 7.77. The van der Waals surface area contributed by atoms with E-state index in [2.05, 4.69) is 20.4 Å². The first-order chi connectivity index (χ1) is 11.7. The highest BCUT2D eigenvalue weighted by Crippen LogP contribution is 2.31. The predicted molar refractivity (Wildman–Crippen MR) is 94.4 cm³/mol. The standard InChI is InChI=1S/C17H21ClN4O2/c1-24-9-7-19-17(23)12-4-3-8-22(11-12)15-10-20-21-16-13(15)5-2-6-14(16)18/h2,5-6,10,12H,3-4,7-9,11H2,1H3,(H,19,23). The third-order valence-corrected chi connectivity index (χ3v) is 4.64. The highest BCUT2D eigenvalue weighted by Gasteiger charge is 2.27. The number of nitrogens with zero attached hydrogens (tertiary/aromatic N) is 3. The first-order valence-electron chi connectivity index (χ1n) is 8.12. The minimum absolute atomic E-state index is 0.0296. The van der Waals surface area contributed by atoms with Gasteiger partial charge < -0.3 is 15.0 Å². The summed E-state index contributed by atoms with van der Waals surface area (Å²) in [5.74, 6) is 0.0547. The summed E-state index contributed by atoms with van der Waals surface area (Å²) in [7, 11) is 1.63. The SMILES string of the molecule is COCCNC(=O)C1CCCN(c2cnnc3c(Cl)cccc23)C1. The van der Waals surface area contributed by atoms with Gasteiger partial charge in [-0.1, -0.05) is 23.7 Å². The number of carbonyl (C=O) groups is 1. The maximum Gasteiger partial charge on any atom is 0.224 e. The second-order valence-corrected chi connectivity index (χ2v) is 6.34. The van der Waals surface area contributed by atoms with E-state index in [1.54, 1.807) is 13.3 Å². The quantitative estimate of drug-likeness (QED) is 0.839. The fraction of sp³-hybridized carbons (Fsp3) is 0.471. The molecule has 1 saturated heterocycles. The van der Waals surface area contributed by atoms with Gasteiger partial charge in [-0.25, -0.2) is 0 Å². The van der Waals surface area contributed by atoms with E-state index in [1.807, 2.05) is 18.2 Å². The zero-order valence-corrected chi connectivity index (χ0v) is 14.4. The maximum atomic E-state index is 12.3. The molecule has 2 aromatic rings. The van der Waals surface area contributed by atoms with Gasteiger partial charge in [-0.3, -0.25) is 4.79 Å². The van der Waals surface area contributed by atoms with Crippen molar-refractivity contribution >= 4 is 34.1 Å². The molecule has 1 aromatic heterocycles. The number of rotatable bonds is 5. The largest absolute Gasteiger partial charge is 0.383 e. The molecule has 1 N–H and O–H groups in total. The minimum atomic E-state index is -0.0296. The molecule has 24 heavy (non-hydrogen) atoms. The van der Waals surface area contributed by atoms with Crippen molar-refractivity contribution in [2.75, 3.05) is 38.3 Å². The molecule has 0 aliphatic carbocycles. The molecule has 1 aliphatic heterocycles. The molecule has 0 radical (unpaired) electrons. The molecule has 0 saturated carbocycles. The lowest BCUT2D eigenvalue weighted by Gasteiger charge is -2.34. The first kappa shape index (κ1) is 16.9. The number of aromatic nitrogens is 2. The molecule has 1 fully saturated rings. The summed E-state index contributed by atoms with van der Waals surface area (Å²) < 4.78 is 4.98. The van der Waals surface area contributed by atoms with Crippen LogP contribution in [0.5, 0.6) is 0 Å². The van der Waals surface area contributed by atoms with Gasteiger partial charge in [0.15, 0.2) is 0 Å². The number of hydrogen-bond acceptors (Lipinski definition) is 5. The van der Waals surface area contributed by atoms with Crippen LogP contribution in [0.4, 0.5) is 5.69 Å². The molecule has 0 spiro atoms. The molecule has 0 bridgehead atoms. The Morgan fingerprint density at radius 2 is 2.38 bits per heavy atom. The van der Waals surface area contributed by atoms with Crippen LogP contribution in [0.2, 0.25) is 5.02 Å². The number of amides is 1. The zero-order chi connectivity index (χ0) is 16.9. The van der Waals surface area contributed by atoms with E-state index in [0.29, 0.717) is 30.2 Å². The topological polar surface area (TPSA) is 67.3 Å². The van der Waals surface area contributed by atoms with Crippen LogP contribution in [0, 0.1) is 5.92 Å². The van der Waals surface area contributed by atoms with Crippen molar-refractivity contribution in [1.29, 1.82) is 0 Å². The normalized spacial score (nSPS) is 17.9. The van der Waals surface area contributed by atoms with Crippen LogP contribution >= 0.6 is 11.6 Å². The highest BCUT2D eigenvalue weighted by molar-refractivity contribution is 6.35. The van der Waals surface area contributed by atoms with Crippen LogP contribution in [0.1, 0.15) is 12.8 Å². The lowest BCUT2D eigenvalue weighted by Crippen LogP contribution is -2.43. The molecule has 1 unspecified atom stereocenters. The van der Waals surface area contributed by atoms with E-state index in [4.69, 9.17) is 16.3 Å². The van der Waals surface area contributed by atoms with Gasteiger partial charge in [0.2, 0.25) is 5.91 Å². The van der Waals surface area contributed by atoms with Gasteiger partial charge in [0.25, 0.3) is 0 Å². The lowest BCUT2D eigenvalue weighted by atomic mass is 9.96. The van der Waals surface area contributed by atoms with Crippen LogP contribution in [-0.2, 0) is 9.53 Å². The van der Waals surface area contributed by atoms with Crippen molar-refractivity contribution in [2.24, 2.45) is 5.92 Å². The number of nitrogens with one attached hydrogen (secondary N) is 1. The average molecular weight is 349 g/mol. The molecule has 3 rings (SSSR count). The van der Waals surface area contributed by atoms with Crippen molar-refractivity contribution in [1.82, 2.24) is 15.5 Å². The molecule has 1 aliphatic rings. The van der Waals surface area contributed by atoms with Crippen LogP contribution < -0.4 is 10.2 Å². The van der Waals surface area contributed by atoms with Gasteiger partial charge >= 0.3 is 0 Å². The van der Waals surface area contributed by atoms with Crippen molar-refractivity contribution < 1.29 is 9.53 Å². The van der Waals surface area contributed by atoms with Crippen LogP contribution in [-0.4, -0.2) is 49.5 Å². The summed E-state index contributed by atoms with van der Waals surface area (Å²) in [5.41, 5.74) is 1.68. The monoisotopic (exact) mass is 348 g/mol. The molecule has 2 heterocycles. The number of ether oxygens (including phenoxy) is 1. The Morgan fingerprint density at radius 1 is 1.50 bits per heavy atom. The summed E-state index contributed by atoms with van der Waals surface area (Å²) in [6.45, 7) is 2.64. The van der Waals surface area contributed by atoms with Crippen molar-refractivity contribution in [3.05, 3.63) is 29.4 Å². The summed E-state index contributed by atoms with van der Waals surface area (Å²) >= 11 is 6.22. The smallest absolute Gasteiger partial charge is 0.224 e. The van der Waals surface area contributed by atoms with E-state index < -0.39 is 0 Å². The zero-order valence-electron chi connectivity index (χ0n) is 13.7. The second-order valence-electron chi connectivity index (χ2n) is 5.93. The molecular weight excluding hydrogens is 328 g/mol. The van der Waals surface area contributed by atoms with E-state index in [1.165, 1.54) is 0 Å². The van der Waals surface area contributed by atoms with E-state index in [0.717, 1.165) is 30.5 Å². The molecule has 7 heteroatoms. The van der Waals surface area contributed by atoms with Crippen molar-refractivity contribution in [2.45, 2.75) is 12.8 Å². The number of methoxy groups -OCH3 is 1. The van der Waals surface area contributed by atoms with E-state index in [9.17, 15) is 4.79 Å². The Labute approximate surface area is 146 Å². The Bertz CT molecular complexity index is 725. The number of benzene rings is 1.